The molecule has 1 aromatic heterocycles. The largest absolute Gasteiger partial charge is 0.337 e. The molecule has 2 N–H and O–H groups in total. The summed E-state index contributed by atoms with van der Waals surface area (Å²) in [4.78, 5) is 6.80. The third-order valence-corrected chi connectivity index (χ3v) is 3.98. The molecule has 0 unspecified atom stereocenters. The molecule has 1 saturated heterocycles. The second-order valence-corrected chi connectivity index (χ2v) is 5.66. The molecule has 2 aromatic rings. The molecular formula is C14H18ClN5. The van der Waals surface area contributed by atoms with Gasteiger partial charge < -0.3 is 10.2 Å². The lowest BCUT2D eigenvalue weighted by molar-refractivity contribution is 0.480. The molecule has 106 valence electrons. The number of hydrogen-bond donors (Lipinski definition) is 2. The summed E-state index contributed by atoms with van der Waals surface area (Å²) in [6, 6.07) is 6.33. The molecule has 0 aliphatic carbocycles. The van der Waals surface area contributed by atoms with Crippen LogP contribution in [0.2, 0.25) is 5.02 Å². The lowest BCUT2D eigenvalue weighted by atomic mass is 10.1. The number of aryl methyl sites for hydroxylation is 1. The SMILES string of the molecule is Cc1cc(-c2nc(N3CCN[C@H](C)C3)n[nH]2)ccc1Cl. The van der Waals surface area contributed by atoms with Gasteiger partial charge in [0.15, 0.2) is 5.82 Å². The Morgan fingerprint density at radius 2 is 2.25 bits per heavy atom. The molecule has 1 atom stereocenters. The van der Waals surface area contributed by atoms with Crippen molar-refractivity contribution in [2.75, 3.05) is 24.5 Å². The third-order valence-electron chi connectivity index (χ3n) is 3.56. The van der Waals surface area contributed by atoms with E-state index in [2.05, 4.69) is 32.3 Å². The minimum absolute atomic E-state index is 0.462. The van der Waals surface area contributed by atoms with Gasteiger partial charge in [-0.25, -0.2) is 0 Å². The van der Waals surface area contributed by atoms with E-state index in [-0.39, 0.29) is 0 Å². The van der Waals surface area contributed by atoms with Crippen LogP contribution in [-0.2, 0) is 0 Å². The van der Waals surface area contributed by atoms with E-state index < -0.39 is 0 Å². The normalized spacial score (nSPS) is 19.4. The number of nitrogens with zero attached hydrogens (tertiary/aromatic N) is 3. The van der Waals surface area contributed by atoms with Crippen molar-refractivity contribution >= 4 is 17.5 Å². The second-order valence-electron chi connectivity index (χ2n) is 5.25. The number of H-pyrrole nitrogens is 1. The van der Waals surface area contributed by atoms with Crippen molar-refractivity contribution in [3.63, 3.8) is 0 Å². The Morgan fingerprint density at radius 1 is 1.40 bits per heavy atom. The molecule has 0 spiro atoms. The summed E-state index contributed by atoms with van der Waals surface area (Å²) >= 11 is 6.05. The highest BCUT2D eigenvalue weighted by atomic mass is 35.5. The maximum absolute atomic E-state index is 6.05. The van der Waals surface area contributed by atoms with Gasteiger partial charge in [0.05, 0.1) is 0 Å². The number of benzene rings is 1. The molecule has 2 heterocycles. The van der Waals surface area contributed by atoms with Crippen LogP contribution in [0.1, 0.15) is 12.5 Å². The number of halogens is 1. The fourth-order valence-corrected chi connectivity index (χ4v) is 2.55. The Bertz CT molecular complexity index is 609. The molecule has 0 saturated carbocycles. The zero-order chi connectivity index (χ0) is 14.1. The van der Waals surface area contributed by atoms with Crippen LogP contribution >= 0.6 is 11.6 Å². The van der Waals surface area contributed by atoms with Crippen LogP contribution in [0.15, 0.2) is 18.2 Å². The molecule has 1 aliphatic heterocycles. The average Bonchev–Trinajstić information content (AvgIpc) is 2.92. The number of rotatable bonds is 2. The minimum atomic E-state index is 0.462. The maximum atomic E-state index is 6.05. The van der Waals surface area contributed by atoms with Gasteiger partial charge >= 0.3 is 0 Å². The van der Waals surface area contributed by atoms with E-state index in [9.17, 15) is 0 Å². The Labute approximate surface area is 123 Å². The molecular weight excluding hydrogens is 274 g/mol. The molecule has 6 heteroatoms. The summed E-state index contributed by atoms with van der Waals surface area (Å²) in [6.45, 7) is 6.98. The molecule has 1 aliphatic rings. The van der Waals surface area contributed by atoms with E-state index in [0.717, 1.165) is 47.6 Å². The molecule has 5 nitrogen and oxygen atoms in total. The van der Waals surface area contributed by atoms with Crippen LogP contribution < -0.4 is 10.2 Å². The van der Waals surface area contributed by atoms with Gasteiger partial charge in [0.2, 0.25) is 5.95 Å². The Hall–Kier alpha value is -1.59. The molecule has 20 heavy (non-hydrogen) atoms. The highest BCUT2D eigenvalue weighted by molar-refractivity contribution is 6.31. The van der Waals surface area contributed by atoms with Gasteiger partial charge in [-0.05, 0) is 37.6 Å². The van der Waals surface area contributed by atoms with Crippen molar-refractivity contribution in [3.05, 3.63) is 28.8 Å². The molecule has 1 fully saturated rings. The Kier molecular flexibility index (Phi) is 3.63. The highest BCUT2D eigenvalue weighted by Gasteiger charge is 2.19. The molecule has 3 rings (SSSR count). The first kappa shape index (κ1) is 13.4. The maximum Gasteiger partial charge on any atom is 0.245 e. The van der Waals surface area contributed by atoms with Crippen LogP contribution in [0, 0.1) is 6.92 Å². The van der Waals surface area contributed by atoms with Gasteiger partial charge in [-0.2, -0.15) is 4.98 Å². The smallest absolute Gasteiger partial charge is 0.245 e. The number of aromatic amines is 1. The lowest BCUT2D eigenvalue weighted by Crippen LogP contribution is -2.49. The van der Waals surface area contributed by atoms with E-state index in [1.807, 2.05) is 25.1 Å². The fourth-order valence-electron chi connectivity index (χ4n) is 2.43. The zero-order valence-electron chi connectivity index (χ0n) is 11.7. The summed E-state index contributed by atoms with van der Waals surface area (Å²) < 4.78 is 0. The summed E-state index contributed by atoms with van der Waals surface area (Å²) in [5.74, 6) is 1.55. The molecule has 0 bridgehead atoms. The van der Waals surface area contributed by atoms with Crippen molar-refractivity contribution < 1.29 is 0 Å². The summed E-state index contributed by atoms with van der Waals surface area (Å²) in [5.41, 5.74) is 2.05. The second kappa shape index (κ2) is 5.42. The van der Waals surface area contributed by atoms with E-state index in [4.69, 9.17) is 11.6 Å². The van der Waals surface area contributed by atoms with Crippen molar-refractivity contribution in [2.24, 2.45) is 0 Å². The van der Waals surface area contributed by atoms with Gasteiger partial charge in [0.1, 0.15) is 0 Å². The zero-order valence-corrected chi connectivity index (χ0v) is 12.4. The Balaban J connectivity index is 1.84. The van der Waals surface area contributed by atoms with Gasteiger partial charge in [0.25, 0.3) is 0 Å². The van der Waals surface area contributed by atoms with Gasteiger partial charge in [-0.1, -0.05) is 11.6 Å². The van der Waals surface area contributed by atoms with Gasteiger partial charge in [-0.3, -0.25) is 5.10 Å². The van der Waals surface area contributed by atoms with E-state index in [1.54, 1.807) is 0 Å². The van der Waals surface area contributed by atoms with Crippen molar-refractivity contribution in [1.29, 1.82) is 0 Å². The van der Waals surface area contributed by atoms with Crippen LogP contribution in [0.5, 0.6) is 0 Å². The fraction of sp³-hybridized carbons (Fsp3) is 0.429. The van der Waals surface area contributed by atoms with Crippen molar-refractivity contribution in [3.8, 4) is 11.4 Å². The number of nitrogens with one attached hydrogen (secondary N) is 2. The van der Waals surface area contributed by atoms with Crippen LogP contribution in [-0.4, -0.2) is 40.9 Å². The first-order chi connectivity index (χ1) is 9.63. The quantitative estimate of drug-likeness (QED) is 0.891. The van der Waals surface area contributed by atoms with Crippen LogP contribution in [0.4, 0.5) is 5.95 Å². The highest BCUT2D eigenvalue weighted by Crippen LogP contribution is 2.23. The van der Waals surface area contributed by atoms with Crippen LogP contribution in [0.25, 0.3) is 11.4 Å². The van der Waals surface area contributed by atoms with E-state index >= 15 is 0 Å². The predicted octanol–water partition coefficient (Wildman–Crippen LogP) is 2.23. The van der Waals surface area contributed by atoms with Crippen molar-refractivity contribution in [2.45, 2.75) is 19.9 Å². The number of anilines is 1. The summed E-state index contributed by atoms with van der Waals surface area (Å²) in [6.07, 6.45) is 0. The summed E-state index contributed by atoms with van der Waals surface area (Å²) in [7, 11) is 0. The Morgan fingerprint density at radius 3 is 3.00 bits per heavy atom. The lowest BCUT2D eigenvalue weighted by Gasteiger charge is -2.30. The number of piperazine rings is 1. The van der Waals surface area contributed by atoms with Crippen molar-refractivity contribution in [1.82, 2.24) is 20.5 Å². The minimum Gasteiger partial charge on any atom is -0.337 e. The van der Waals surface area contributed by atoms with Crippen LogP contribution in [0.3, 0.4) is 0 Å². The van der Waals surface area contributed by atoms with Gasteiger partial charge in [-0.15, -0.1) is 5.10 Å². The molecule has 1 aromatic carbocycles. The topological polar surface area (TPSA) is 56.8 Å². The number of hydrogen-bond acceptors (Lipinski definition) is 4. The predicted molar refractivity (Wildman–Crippen MR) is 81.2 cm³/mol. The van der Waals surface area contributed by atoms with E-state index in [0.29, 0.717) is 6.04 Å². The standard InChI is InChI=1S/C14H18ClN5/c1-9-7-11(3-4-12(9)15)13-17-14(19-18-13)20-6-5-16-10(2)8-20/h3-4,7,10,16H,5-6,8H2,1-2H3,(H,17,18,19)/t10-/m1/s1. The monoisotopic (exact) mass is 291 g/mol. The van der Waals surface area contributed by atoms with E-state index in [1.165, 1.54) is 0 Å². The average molecular weight is 292 g/mol. The summed E-state index contributed by atoms with van der Waals surface area (Å²) in [5, 5.41) is 11.5. The molecule has 0 amide bonds. The first-order valence-electron chi connectivity index (χ1n) is 6.81. The first-order valence-corrected chi connectivity index (χ1v) is 7.18. The molecule has 0 radical (unpaired) electrons. The number of aromatic nitrogens is 3. The third kappa shape index (κ3) is 2.64. The van der Waals surface area contributed by atoms with Gasteiger partial charge in [0, 0.05) is 36.3 Å².